The number of aromatic nitrogens is 1. The maximum Gasteiger partial charge on any atom is 0.161 e. The van der Waals surface area contributed by atoms with E-state index in [0.717, 1.165) is 30.8 Å². The number of aliphatic hydroxyl groups is 1. The van der Waals surface area contributed by atoms with Crippen molar-refractivity contribution in [3.05, 3.63) is 40.3 Å². The number of methoxy groups -OCH3 is 1. The normalized spacial score (nSPS) is 16.0. The highest BCUT2D eigenvalue weighted by Crippen LogP contribution is 2.28. The molecule has 0 radical (unpaired) electrons. The van der Waals surface area contributed by atoms with Crippen molar-refractivity contribution in [2.75, 3.05) is 33.9 Å². The van der Waals surface area contributed by atoms with Crippen LogP contribution in [0, 0.1) is 0 Å². The van der Waals surface area contributed by atoms with E-state index >= 15 is 0 Å². The summed E-state index contributed by atoms with van der Waals surface area (Å²) in [6.07, 6.45) is 6.81. The Morgan fingerprint density at radius 1 is 1.27 bits per heavy atom. The third kappa shape index (κ3) is 7.23. The van der Waals surface area contributed by atoms with Crippen molar-refractivity contribution >= 4 is 11.3 Å². The number of rotatable bonds is 12. The van der Waals surface area contributed by atoms with Gasteiger partial charge in [0.05, 0.1) is 18.3 Å². The maximum absolute atomic E-state index is 10.4. The lowest BCUT2D eigenvalue weighted by Crippen LogP contribution is -2.40. The van der Waals surface area contributed by atoms with Crippen LogP contribution in [0.25, 0.3) is 0 Å². The lowest BCUT2D eigenvalue weighted by atomic mass is 9.94. The highest BCUT2D eigenvalue weighted by atomic mass is 32.1. The van der Waals surface area contributed by atoms with Gasteiger partial charge in [0, 0.05) is 37.5 Å². The molecule has 30 heavy (non-hydrogen) atoms. The molecule has 0 bridgehead atoms. The number of nitrogens with zero attached hydrogens (tertiary/aromatic N) is 2. The van der Waals surface area contributed by atoms with E-state index in [1.165, 1.54) is 32.1 Å². The van der Waals surface area contributed by atoms with Crippen LogP contribution in [0.3, 0.4) is 0 Å². The van der Waals surface area contributed by atoms with Crippen molar-refractivity contribution in [1.82, 2.24) is 15.2 Å². The summed E-state index contributed by atoms with van der Waals surface area (Å²) in [6, 6.07) is 6.54. The number of nitrogens with one attached hydrogen (secondary N) is 1. The monoisotopic (exact) mass is 433 g/mol. The van der Waals surface area contributed by atoms with Gasteiger partial charge >= 0.3 is 0 Å². The molecular weight excluding hydrogens is 398 g/mol. The quantitative estimate of drug-likeness (QED) is 0.500. The Hall–Kier alpha value is -1.67. The molecule has 1 saturated carbocycles. The molecule has 2 aromatic rings. The number of likely N-dealkylation sites (N-methyl/N-ethyl adjacent to an activating group) is 1. The van der Waals surface area contributed by atoms with Crippen molar-refractivity contribution in [2.45, 2.75) is 57.2 Å². The van der Waals surface area contributed by atoms with Gasteiger partial charge in [0.2, 0.25) is 0 Å². The minimum absolute atomic E-state index is 0.263. The van der Waals surface area contributed by atoms with Crippen LogP contribution in [-0.2, 0) is 13.0 Å². The first kappa shape index (κ1) is 23.0. The Morgan fingerprint density at radius 2 is 2.10 bits per heavy atom. The average molecular weight is 434 g/mol. The molecular formula is C23H35N3O3S. The van der Waals surface area contributed by atoms with E-state index in [1.807, 2.05) is 23.7 Å². The molecule has 1 aliphatic carbocycles. The first-order chi connectivity index (χ1) is 14.7. The zero-order chi connectivity index (χ0) is 21.2. The lowest BCUT2D eigenvalue weighted by Gasteiger charge is -2.32. The Morgan fingerprint density at radius 3 is 2.83 bits per heavy atom. The number of thiazole rings is 1. The summed E-state index contributed by atoms with van der Waals surface area (Å²) in [6.45, 7) is 2.53. The third-order valence-corrected chi connectivity index (χ3v) is 6.36. The van der Waals surface area contributed by atoms with Crippen LogP contribution in [0.1, 0.15) is 43.4 Å². The standard InChI is InChI=1S/C23H35N3O3S/c1-26(20-6-4-3-5-7-20)14-21(27)15-29-22-9-8-18(12-23(22)28-2)13-24-11-10-19-16-30-17-25-19/h8-9,12,16-17,20-21,24,27H,3-7,10-11,13-15H2,1-2H3/t21-/m0/s1. The molecule has 2 N–H and O–H groups in total. The van der Waals surface area contributed by atoms with Crippen molar-refractivity contribution < 1.29 is 14.6 Å². The highest BCUT2D eigenvalue weighted by molar-refractivity contribution is 7.07. The molecule has 0 unspecified atom stereocenters. The maximum atomic E-state index is 10.4. The predicted octanol–water partition coefficient (Wildman–Crippen LogP) is 3.49. The van der Waals surface area contributed by atoms with Crippen molar-refractivity contribution in [2.24, 2.45) is 0 Å². The van der Waals surface area contributed by atoms with Crippen molar-refractivity contribution in [3.8, 4) is 11.5 Å². The predicted molar refractivity (Wildman–Crippen MR) is 122 cm³/mol. The van der Waals surface area contributed by atoms with E-state index in [-0.39, 0.29) is 6.61 Å². The fourth-order valence-electron chi connectivity index (χ4n) is 3.99. The molecule has 6 nitrogen and oxygen atoms in total. The molecule has 1 aromatic carbocycles. The summed E-state index contributed by atoms with van der Waals surface area (Å²) in [7, 11) is 3.75. The Kier molecular flexibility index (Phi) is 9.39. The van der Waals surface area contributed by atoms with E-state index in [0.29, 0.717) is 24.1 Å². The van der Waals surface area contributed by atoms with Gasteiger partial charge in [0.25, 0.3) is 0 Å². The number of ether oxygens (including phenoxy) is 2. The molecule has 1 heterocycles. The van der Waals surface area contributed by atoms with Gasteiger partial charge in [0.1, 0.15) is 12.7 Å². The fourth-order valence-corrected chi connectivity index (χ4v) is 4.59. The third-order valence-electron chi connectivity index (χ3n) is 5.73. The van der Waals surface area contributed by atoms with Crippen LogP contribution >= 0.6 is 11.3 Å². The summed E-state index contributed by atoms with van der Waals surface area (Å²) >= 11 is 1.63. The molecule has 0 aliphatic heterocycles. The minimum Gasteiger partial charge on any atom is -0.493 e. The zero-order valence-corrected chi connectivity index (χ0v) is 19.0. The second kappa shape index (κ2) is 12.2. The van der Waals surface area contributed by atoms with Gasteiger partial charge in [0.15, 0.2) is 11.5 Å². The molecule has 1 fully saturated rings. The highest BCUT2D eigenvalue weighted by Gasteiger charge is 2.20. The first-order valence-corrected chi connectivity index (χ1v) is 11.9. The molecule has 1 atom stereocenters. The molecule has 1 aromatic heterocycles. The summed E-state index contributed by atoms with van der Waals surface area (Å²) in [5.74, 6) is 1.37. The van der Waals surface area contributed by atoms with E-state index in [9.17, 15) is 5.11 Å². The van der Waals surface area contributed by atoms with E-state index in [1.54, 1.807) is 18.4 Å². The molecule has 0 amide bonds. The Bertz CT molecular complexity index is 735. The molecule has 3 rings (SSSR count). The second-order valence-corrected chi connectivity index (χ2v) is 8.81. The molecule has 1 aliphatic rings. The van der Waals surface area contributed by atoms with Crippen LogP contribution < -0.4 is 14.8 Å². The van der Waals surface area contributed by atoms with Crippen LogP contribution in [0.2, 0.25) is 0 Å². The van der Waals surface area contributed by atoms with E-state index in [2.05, 4.69) is 27.6 Å². The smallest absolute Gasteiger partial charge is 0.161 e. The molecule has 0 spiro atoms. The Labute approximate surface area is 184 Å². The largest absolute Gasteiger partial charge is 0.493 e. The lowest BCUT2D eigenvalue weighted by molar-refractivity contribution is 0.0553. The van der Waals surface area contributed by atoms with Crippen LogP contribution in [0.15, 0.2) is 29.1 Å². The SMILES string of the molecule is COc1cc(CNCCc2cscn2)ccc1OC[C@@H](O)CN(C)C1CCCCC1. The van der Waals surface area contributed by atoms with Gasteiger partial charge < -0.3 is 24.8 Å². The first-order valence-electron chi connectivity index (χ1n) is 10.9. The summed E-state index contributed by atoms with van der Waals surface area (Å²) in [4.78, 5) is 6.58. The number of aliphatic hydroxyl groups excluding tert-OH is 1. The van der Waals surface area contributed by atoms with E-state index in [4.69, 9.17) is 9.47 Å². The second-order valence-electron chi connectivity index (χ2n) is 8.09. The van der Waals surface area contributed by atoms with Gasteiger partial charge in [-0.25, -0.2) is 4.98 Å². The number of hydrogen-bond donors (Lipinski definition) is 2. The molecule has 0 saturated heterocycles. The summed E-state index contributed by atoms with van der Waals surface area (Å²) < 4.78 is 11.4. The van der Waals surface area contributed by atoms with Gasteiger partial charge in [-0.3, -0.25) is 0 Å². The molecule has 7 heteroatoms. The fraction of sp³-hybridized carbons (Fsp3) is 0.609. The molecule has 166 valence electrons. The van der Waals surface area contributed by atoms with E-state index < -0.39 is 6.10 Å². The van der Waals surface area contributed by atoms with Gasteiger partial charge in [-0.2, -0.15) is 0 Å². The van der Waals surface area contributed by atoms with Crippen molar-refractivity contribution in [1.29, 1.82) is 0 Å². The summed E-state index contributed by atoms with van der Waals surface area (Å²) in [5.41, 5.74) is 4.13. The summed E-state index contributed by atoms with van der Waals surface area (Å²) in [5, 5.41) is 15.9. The van der Waals surface area contributed by atoms with Gasteiger partial charge in [-0.1, -0.05) is 25.3 Å². The van der Waals surface area contributed by atoms with Crippen LogP contribution in [0.4, 0.5) is 0 Å². The zero-order valence-electron chi connectivity index (χ0n) is 18.2. The number of benzene rings is 1. The van der Waals surface area contributed by atoms with Crippen LogP contribution in [-0.4, -0.2) is 61.0 Å². The minimum atomic E-state index is -0.520. The van der Waals surface area contributed by atoms with Gasteiger partial charge in [-0.15, -0.1) is 11.3 Å². The Balaban J connectivity index is 1.42. The van der Waals surface area contributed by atoms with Gasteiger partial charge in [-0.05, 0) is 37.6 Å². The van der Waals surface area contributed by atoms with Crippen molar-refractivity contribution in [3.63, 3.8) is 0 Å². The van der Waals surface area contributed by atoms with Crippen LogP contribution in [0.5, 0.6) is 11.5 Å². The average Bonchev–Trinajstić information content (AvgIpc) is 3.29. The topological polar surface area (TPSA) is 66.8 Å². The number of hydrogen-bond acceptors (Lipinski definition) is 7.